The van der Waals surface area contributed by atoms with Gasteiger partial charge in [-0.25, -0.2) is 4.79 Å². The third-order valence-electron chi connectivity index (χ3n) is 4.76. The van der Waals surface area contributed by atoms with Crippen molar-refractivity contribution in [3.63, 3.8) is 0 Å². The molecule has 0 saturated heterocycles. The zero-order valence-corrected chi connectivity index (χ0v) is 17.4. The quantitative estimate of drug-likeness (QED) is 0.606. The number of rotatable bonds is 4. The third kappa shape index (κ3) is 3.29. The SMILES string of the molecule is CCCn1c2c(c(=O)n(C)c1=O)C(=O)/C(=C\c1ccc(-c3ccc(Br)cc3)o1)N2. The smallest absolute Gasteiger partial charge is 0.332 e. The Morgan fingerprint density at radius 2 is 1.83 bits per heavy atom. The lowest BCUT2D eigenvalue weighted by Crippen LogP contribution is -2.40. The Hall–Kier alpha value is -3.13. The average Bonchev–Trinajstić information content (AvgIpc) is 3.29. The van der Waals surface area contributed by atoms with E-state index in [2.05, 4.69) is 21.2 Å². The van der Waals surface area contributed by atoms with E-state index in [0.717, 1.165) is 14.6 Å². The Bertz CT molecular complexity index is 1260. The normalized spacial score (nSPS) is 14.3. The summed E-state index contributed by atoms with van der Waals surface area (Å²) in [5, 5.41) is 2.95. The van der Waals surface area contributed by atoms with Gasteiger partial charge >= 0.3 is 5.69 Å². The Morgan fingerprint density at radius 3 is 2.52 bits per heavy atom. The lowest BCUT2D eigenvalue weighted by atomic mass is 10.2. The first-order valence-corrected chi connectivity index (χ1v) is 9.93. The third-order valence-corrected chi connectivity index (χ3v) is 5.29. The van der Waals surface area contributed by atoms with E-state index in [-0.39, 0.29) is 17.1 Å². The van der Waals surface area contributed by atoms with Crippen molar-refractivity contribution in [2.24, 2.45) is 7.05 Å². The number of allylic oxidation sites excluding steroid dienone is 1. The Morgan fingerprint density at radius 1 is 1.10 bits per heavy atom. The summed E-state index contributed by atoms with van der Waals surface area (Å²) in [6.07, 6.45) is 2.24. The molecule has 29 heavy (non-hydrogen) atoms. The molecule has 3 aromatic rings. The predicted octanol–water partition coefficient (Wildman–Crippen LogP) is 3.63. The number of carbonyl (C=O) groups excluding carboxylic acids is 1. The summed E-state index contributed by atoms with van der Waals surface area (Å²) in [6, 6.07) is 11.2. The van der Waals surface area contributed by atoms with Crippen LogP contribution in [-0.4, -0.2) is 14.9 Å². The average molecular weight is 456 g/mol. The van der Waals surface area contributed by atoms with Gasteiger partial charge in [-0.1, -0.05) is 35.0 Å². The van der Waals surface area contributed by atoms with Crippen LogP contribution >= 0.6 is 15.9 Å². The molecule has 1 aliphatic heterocycles. The topological polar surface area (TPSA) is 86.2 Å². The molecule has 148 valence electrons. The molecule has 0 radical (unpaired) electrons. The minimum atomic E-state index is -0.603. The van der Waals surface area contributed by atoms with Crippen molar-refractivity contribution < 1.29 is 9.21 Å². The second kappa shape index (κ2) is 7.36. The number of halogens is 1. The molecule has 2 aromatic heterocycles. The summed E-state index contributed by atoms with van der Waals surface area (Å²) in [7, 11) is 1.38. The fourth-order valence-corrected chi connectivity index (χ4v) is 3.56. The van der Waals surface area contributed by atoms with E-state index in [1.54, 1.807) is 12.1 Å². The molecule has 1 aromatic carbocycles. The van der Waals surface area contributed by atoms with Crippen molar-refractivity contribution in [1.29, 1.82) is 0 Å². The summed E-state index contributed by atoms with van der Waals surface area (Å²) < 4.78 is 9.19. The Kier molecular flexibility index (Phi) is 4.87. The molecular weight excluding hydrogens is 438 g/mol. The van der Waals surface area contributed by atoms with E-state index in [0.29, 0.717) is 24.5 Å². The molecule has 8 heteroatoms. The van der Waals surface area contributed by atoms with Crippen LogP contribution in [0.1, 0.15) is 29.5 Å². The molecule has 0 fully saturated rings. The van der Waals surface area contributed by atoms with Crippen molar-refractivity contribution in [1.82, 2.24) is 9.13 Å². The van der Waals surface area contributed by atoms with Crippen LogP contribution < -0.4 is 16.6 Å². The molecule has 7 nitrogen and oxygen atoms in total. The fraction of sp³-hybridized carbons (Fsp3) is 0.190. The molecule has 1 aliphatic rings. The molecule has 0 atom stereocenters. The predicted molar refractivity (Wildman–Crippen MR) is 114 cm³/mol. The van der Waals surface area contributed by atoms with Gasteiger partial charge in [-0.2, -0.15) is 0 Å². The van der Waals surface area contributed by atoms with Crippen LogP contribution in [0.3, 0.4) is 0 Å². The zero-order chi connectivity index (χ0) is 20.7. The molecule has 0 aliphatic carbocycles. The zero-order valence-electron chi connectivity index (χ0n) is 15.9. The van der Waals surface area contributed by atoms with Gasteiger partial charge in [0.05, 0.1) is 5.70 Å². The second-order valence-electron chi connectivity index (χ2n) is 6.74. The van der Waals surface area contributed by atoms with Crippen LogP contribution in [0, 0.1) is 0 Å². The number of Topliss-reactive ketones (excluding diaryl/α,β-unsaturated/α-hetero) is 1. The molecule has 0 saturated carbocycles. The largest absolute Gasteiger partial charge is 0.457 e. The molecular formula is C21H18BrN3O4. The number of benzene rings is 1. The lowest BCUT2D eigenvalue weighted by molar-refractivity contribution is 0.104. The summed E-state index contributed by atoms with van der Waals surface area (Å²) in [5.74, 6) is 0.918. The standard InChI is InChI=1S/C21H18BrN3O4/c1-3-10-25-19-17(20(27)24(2)21(25)28)18(26)15(23-19)11-14-8-9-16(29-14)12-4-6-13(22)7-5-12/h4-9,11,23H,3,10H2,1-2H3/b15-11+. The van der Waals surface area contributed by atoms with Crippen LogP contribution in [0.2, 0.25) is 0 Å². The molecule has 0 unspecified atom stereocenters. The van der Waals surface area contributed by atoms with Gasteiger partial charge in [0.25, 0.3) is 5.56 Å². The maximum atomic E-state index is 12.8. The van der Waals surface area contributed by atoms with Crippen LogP contribution in [-0.2, 0) is 13.6 Å². The number of ketones is 1. The van der Waals surface area contributed by atoms with Crippen molar-refractivity contribution in [3.05, 3.63) is 78.7 Å². The monoisotopic (exact) mass is 455 g/mol. The van der Waals surface area contributed by atoms with Gasteiger partial charge in [-0.05, 0) is 30.7 Å². The highest BCUT2D eigenvalue weighted by molar-refractivity contribution is 9.10. The van der Waals surface area contributed by atoms with Crippen LogP contribution in [0.5, 0.6) is 0 Å². The Balaban J connectivity index is 1.73. The van der Waals surface area contributed by atoms with E-state index in [4.69, 9.17) is 4.42 Å². The maximum absolute atomic E-state index is 12.8. The maximum Gasteiger partial charge on any atom is 0.332 e. The number of nitrogens with one attached hydrogen (secondary N) is 1. The van der Waals surface area contributed by atoms with Crippen molar-refractivity contribution >= 4 is 33.6 Å². The highest BCUT2D eigenvalue weighted by Crippen LogP contribution is 2.28. The number of anilines is 1. The van der Waals surface area contributed by atoms with Gasteiger partial charge in [-0.15, -0.1) is 0 Å². The van der Waals surface area contributed by atoms with E-state index in [1.807, 2.05) is 37.3 Å². The van der Waals surface area contributed by atoms with Crippen molar-refractivity contribution in [2.45, 2.75) is 19.9 Å². The number of hydrogen-bond acceptors (Lipinski definition) is 5. The summed E-state index contributed by atoms with van der Waals surface area (Å²) >= 11 is 3.40. The van der Waals surface area contributed by atoms with Crippen LogP contribution in [0.4, 0.5) is 5.82 Å². The number of nitrogens with zero attached hydrogens (tertiary/aromatic N) is 2. The lowest BCUT2D eigenvalue weighted by Gasteiger charge is -2.11. The molecule has 0 amide bonds. The first-order valence-electron chi connectivity index (χ1n) is 9.13. The number of fused-ring (bicyclic) bond motifs is 1. The molecule has 0 bridgehead atoms. The Labute approximate surface area is 174 Å². The fourth-order valence-electron chi connectivity index (χ4n) is 3.30. The van der Waals surface area contributed by atoms with Crippen molar-refractivity contribution in [3.8, 4) is 11.3 Å². The summed E-state index contributed by atoms with van der Waals surface area (Å²) in [4.78, 5) is 37.8. The second-order valence-corrected chi connectivity index (χ2v) is 7.66. The number of furan rings is 1. The first-order chi connectivity index (χ1) is 13.9. The van der Waals surface area contributed by atoms with Crippen LogP contribution in [0.25, 0.3) is 17.4 Å². The highest BCUT2D eigenvalue weighted by atomic mass is 79.9. The van der Waals surface area contributed by atoms with Gasteiger partial charge in [0.2, 0.25) is 5.78 Å². The van der Waals surface area contributed by atoms with Gasteiger partial charge < -0.3 is 9.73 Å². The van der Waals surface area contributed by atoms with Gasteiger partial charge in [-0.3, -0.25) is 18.7 Å². The molecule has 1 N–H and O–H groups in total. The first kappa shape index (κ1) is 19.2. The molecule has 0 spiro atoms. The minimum absolute atomic E-state index is 0.0218. The molecule has 4 rings (SSSR count). The number of hydrogen-bond donors (Lipinski definition) is 1. The highest BCUT2D eigenvalue weighted by Gasteiger charge is 2.32. The van der Waals surface area contributed by atoms with Gasteiger partial charge in [0.15, 0.2) is 0 Å². The van der Waals surface area contributed by atoms with Gasteiger partial charge in [0, 0.05) is 29.7 Å². The van der Waals surface area contributed by atoms with E-state index >= 15 is 0 Å². The van der Waals surface area contributed by atoms with E-state index in [9.17, 15) is 14.4 Å². The number of aromatic nitrogens is 2. The van der Waals surface area contributed by atoms with Crippen molar-refractivity contribution in [2.75, 3.05) is 5.32 Å². The van der Waals surface area contributed by atoms with Crippen LogP contribution in [0.15, 0.2) is 60.6 Å². The summed E-state index contributed by atoms with van der Waals surface area (Å²) in [5.41, 5.74) is 0.0224. The summed E-state index contributed by atoms with van der Waals surface area (Å²) in [6.45, 7) is 2.32. The molecule has 3 heterocycles. The minimum Gasteiger partial charge on any atom is -0.457 e. The number of carbonyl (C=O) groups is 1. The van der Waals surface area contributed by atoms with E-state index in [1.165, 1.54) is 11.6 Å². The van der Waals surface area contributed by atoms with Gasteiger partial charge in [0.1, 0.15) is 22.9 Å². The van der Waals surface area contributed by atoms with E-state index < -0.39 is 17.0 Å².